The van der Waals surface area contributed by atoms with Crippen molar-refractivity contribution in [3.05, 3.63) is 12.2 Å². The number of carbonyl (C=O) groups is 1. The lowest BCUT2D eigenvalue weighted by Crippen LogP contribution is -2.39. The topological polar surface area (TPSA) is 55.6 Å². The maximum absolute atomic E-state index is 11.8. The normalized spacial score (nSPS) is 32.2. The first-order valence-corrected chi connectivity index (χ1v) is 5.15. The van der Waals surface area contributed by atoms with Crippen molar-refractivity contribution in [2.24, 2.45) is 11.7 Å². The SMILES string of the molecule is NC1C=CC(C(=O)N2CCCCO2)C1. The van der Waals surface area contributed by atoms with Crippen LogP contribution in [0.4, 0.5) is 0 Å². The van der Waals surface area contributed by atoms with Gasteiger partial charge in [-0.25, -0.2) is 5.06 Å². The largest absolute Gasteiger partial charge is 0.324 e. The first-order valence-electron chi connectivity index (χ1n) is 5.15. The summed E-state index contributed by atoms with van der Waals surface area (Å²) in [5, 5.41) is 1.50. The molecule has 0 bridgehead atoms. The number of nitrogens with zero attached hydrogens (tertiary/aromatic N) is 1. The van der Waals surface area contributed by atoms with Crippen molar-refractivity contribution in [3.63, 3.8) is 0 Å². The monoisotopic (exact) mass is 196 g/mol. The molecule has 2 N–H and O–H groups in total. The van der Waals surface area contributed by atoms with Gasteiger partial charge in [0.05, 0.1) is 12.5 Å². The molecular formula is C10H16N2O2. The molecule has 1 saturated heterocycles. The fraction of sp³-hybridized carbons (Fsp3) is 0.700. The molecule has 0 radical (unpaired) electrons. The van der Waals surface area contributed by atoms with E-state index in [9.17, 15) is 4.79 Å². The van der Waals surface area contributed by atoms with Crippen molar-refractivity contribution in [2.45, 2.75) is 25.3 Å². The molecule has 2 unspecified atom stereocenters. The number of hydrogen-bond acceptors (Lipinski definition) is 3. The minimum atomic E-state index is -0.0666. The van der Waals surface area contributed by atoms with E-state index in [-0.39, 0.29) is 17.9 Å². The highest BCUT2D eigenvalue weighted by molar-refractivity contribution is 5.80. The molecule has 0 aromatic heterocycles. The van der Waals surface area contributed by atoms with Gasteiger partial charge in [-0.05, 0) is 19.3 Å². The molecule has 4 nitrogen and oxygen atoms in total. The summed E-state index contributed by atoms with van der Waals surface area (Å²) >= 11 is 0. The van der Waals surface area contributed by atoms with E-state index in [1.54, 1.807) is 0 Å². The molecule has 0 aromatic rings. The van der Waals surface area contributed by atoms with Crippen LogP contribution >= 0.6 is 0 Å². The molecule has 0 spiro atoms. The van der Waals surface area contributed by atoms with Gasteiger partial charge in [-0.3, -0.25) is 9.63 Å². The summed E-state index contributed by atoms with van der Waals surface area (Å²) < 4.78 is 0. The zero-order valence-electron chi connectivity index (χ0n) is 8.19. The van der Waals surface area contributed by atoms with E-state index in [2.05, 4.69) is 0 Å². The molecule has 1 amide bonds. The Bertz CT molecular complexity index is 247. The minimum Gasteiger partial charge on any atom is -0.324 e. The van der Waals surface area contributed by atoms with Crippen molar-refractivity contribution < 1.29 is 9.63 Å². The average Bonchev–Trinajstić information content (AvgIpc) is 2.65. The molecule has 0 saturated carbocycles. The third-order valence-corrected chi connectivity index (χ3v) is 2.68. The number of carbonyl (C=O) groups excluding carboxylic acids is 1. The van der Waals surface area contributed by atoms with Crippen LogP contribution in [0.25, 0.3) is 0 Å². The highest BCUT2D eigenvalue weighted by Gasteiger charge is 2.28. The Labute approximate surface area is 83.7 Å². The second-order valence-electron chi connectivity index (χ2n) is 3.87. The number of nitrogens with two attached hydrogens (primary N) is 1. The van der Waals surface area contributed by atoms with Gasteiger partial charge in [0.15, 0.2) is 0 Å². The zero-order valence-corrected chi connectivity index (χ0v) is 8.19. The molecule has 2 atom stereocenters. The van der Waals surface area contributed by atoms with Crippen molar-refractivity contribution in [1.82, 2.24) is 5.06 Å². The van der Waals surface area contributed by atoms with E-state index in [0.29, 0.717) is 6.61 Å². The van der Waals surface area contributed by atoms with Gasteiger partial charge in [0.2, 0.25) is 0 Å². The van der Waals surface area contributed by atoms with Crippen LogP contribution in [0.15, 0.2) is 12.2 Å². The molecule has 2 rings (SSSR count). The van der Waals surface area contributed by atoms with Gasteiger partial charge in [0, 0.05) is 12.6 Å². The molecule has 1 fully saturated rings. The van der Waals surface area contributed by atoms with Gasteiger partial charge in [0.25, 0.3) is 5.91 Å². The van der Waals surface area contributed by atoms with E-state index >= 15 is 0 Å². The lowest BCUT2D eigenvalue weighted by atomic mass is 10.1. The molecule has 1 aliphatic heterocycles. The lowest BCUT2D eigenvalue weighted by Gasteiger charge is -2.27. The Hall–Kier alpha value is -0.870. The van der Waals surface area contributed by atoms with E-state index < -0.39 is 0 Å². The number of rotatable bonds is 1. The molecule has 78 valence electrons. The molecule has 0 aromatic carbocycles. The average molecular weight is 196 g/mol. The molecule has 1 heterocycles. The van der Waals surface area contributed by atoms with E-state index in [4.69, 9.17) is 10.6 Å². The van der Waals surface area contributed by atoms with Crippen LogP contribution in [0, 0.1) is 5.92 Å². The minimum absolute atomic E-state index is 0.0359. The first-order chi connectivity index (χ1) is 6.77. The quantitative estimate of drug-likeness (QED) is 0.619. The fourth-order valence-electron chi connectivity index (χ4n) is 1.87. The van der Waals surface area contributed by atoms with Crippen molar-refractivity contribution >= 4 is 5.91 Å². The molecular weight excluding hydrogens is 180 g/mol. The lowest BCUT2D eigenvalue weighted by molar-refractivity contribution is -0.199. The standard InChI is InChI=1S/C10H16N2O2/c11-9-4-3-8(7-9)10(13)12-5-1-2-6-14-12/h3-4,8-9H,1-2,5-7,11H2. The molecule has 2 aliphatic rings. The Balaban J connectivity index is 1.91. The van der Waals surface area contributed by atoms with E-state index in [1.165, 1.54) is 5.06 Å². The molecule has 1 aliphatic carbocycles. The smallest absolute Gasteiger partial charge is 0.253 e. The second kappa shape index (κ2) is 4.11. The van der Waals surface area contributed by atoms with Gasteiger partial charge in [-0.15, -0.1) is 0 Å². The zero-order chi connectivity index (χ0) is 9.97. The Kier molecular flexibility index (Phi) is 2.84. The predicted octanol–water partition coefficient (Wildman–Crippen LogP) is 0.444. The van der Waals surface area contributed by atoms with Crippen LogP contribution < -0.4 is 5.73 Å². The Morgan fingerprint density at radius 1 is 1.43 bits per heavy atom. The van der Waals surface area contributed by atoms with Crippen LogP contribution in [-0.4, -0.2) is 30.2 Å². The Morgan fingerprint density at radius 3 is 2.86 bits per heavy atom. The first kappa shape index (κ1) is 9.68. The number of amides is 1. The van der Waals surface area contributed by atoms with Gasteiger partial charge in [0.1, 0.15) is 0 Å². The summed E-state index contributed by atoms with van der Waals surface area (Å²) in [6.45, 7) is 1.38. The van der Waals surface area contributed by atoms with Crippen molar-refractivity contribution in [3.8, 4) is 0 Å². The number of hydroxylamine groups is 2. The summed E-state index contributed by atoms with van der Waals surface area (Å²) in [6, 6.07) is 0.0359. The summed E-state index contributed by atoms with van der Waals surface area (Å²) in [5.41, 5.74) is 5.69. The third-order valence-electron chi connectivity index (χ3n) is 2.68. The van der Waals surface area contributed by atoms with Crippen molar-refractivity contribution in [1.29, 1.82) is 0 Å². The van der Waals surface area contributed by atoms with Crippen LogP contribution in [0.1, 0.15) is 19.3 Å². The van der Waals surface area contributed by atoms with Crippen molar-refractivity contribution in [2.75, 3.05) is 13.2 Å². The number of hydrogen-bond donors (Lipinski definition) is 1. The van der Waals surface area contributed by atoms with Crippen LogP contribution in [0.3, 0.4) is 0 Å². The van der Waals surface area contributed by atoms with Gasteiger partial charge in [-0.1, -0.05) is 12.2 Å². The van der Waals surface area contributed by atoms with Gasteiger partial charge < -0.3 is 5.73 Å². The third kappa shape index (κ3) is 1.96. The predicted molar refractivity (Wildman–Crippen MR) is 52.1 cm³/mol. The summed E-state index contributed by atoms with van der Waals surface area (Å²) in [6.07, 6.45) is 6.59. The summed E-state index contributed by atoms with van der Waals surface area (Å²) in [4.78, 5) is 17.1. The maximum atomic E-state index is 11.8. The highest BCUT2D eigenvalue weighted by Crippen LogP contribution is 2.20. The maximum Gasteiger partial charge on any atom is 0.253 e. The van der Waals surface area contributed by atoms with E-state index in [1.807, 2.05) is 12.2 Å². The molecule has 14 heavy (non-hydrogen) atoms. The Morgan fingerprint density at radius 2 is 2.29 bits per heavy atom. The molecule has 4 heteroatoms. The summed E-state index contributed by atoms with van der Waals surface area (Å²) in [5.74, 6) is -0.00278. The van der Waals surface area contributed by atoms with Crippen LogP contribution in [0.5, 0.6) is 0 Å². The second-order valence-corrected chi connectivity index (χ2v) is 3.87. The van der Waals surface area contributed by atoms with Gasteiger partial charge >= 0.3 is 0 Å². The van der Waals surface area contributed by atoms with E-state index in [0.717, 1.165) is 25.8 Å². The fourth-order valence-corrected chi connectivity index (χ4v) is 1.87. The highest BCUT2D eigenvalue weighted by atomic mass is 16.7. The van der Waals surface area contributed by atoms with Crippen LogP contribution in [-0.2, 0) is 9.63 Å². The van der Waals surface area contributed by atoms with Crippen LogP contribution in [0.2, 0.25) is 0 Å². The summed E-state index contributed by atoms with van der Waals surface area (Å²) in [7, 11) is 0. The van der Waals surface area contributed by atoms with Gasteiger partial charge in [-0.2, -0.15) is 0 Å².